The minimum atomic E-state index is -0.187. The summed E-state index contributed by atoms with van der Waals surface area (Å²) in [4.78, 5) is 13.8. The van der Waals surface area contributed by atoms with Crippen LogP contribution in [-0.4, -0.2) is 12.5 Å². The van der Waals surface area contributed by atoms with Gasteiger partial charge in [0.2, 0.25) is 0 Å². The summed E-state index contributed by atoms with van der Waals surface area (Å²) in [5.74, 6) is 1.18. The van der Waals surface area contributed by atoms with Gasteiger partial charge in [-0.2, -0.15) is 5.26 Å². The standard InChI is InChI=1S/C21H24N2O2S/c1-3-4-11-25-16-8-6-15(7-9-16)20(24)23-21-18(13-22)17-12-14(2)5-10-19(17)26-21/h6-9,14H,3-5,10-12H2,1-2H3,(H,23,24)/t14-/m1/s1. The van der Waals surface area contributed by atoms with Crippen LogP contribution < -0.4 is 10.1 Å². The van der Waals surface area contributed by atoms with Crippen LogP contribution in [0.3, 0.4) is 0 Å². The van der Waals surface area contributed by atoms with Crippen LogP contribution in [0.1, 0.15) is 59.5 Å². The molecule has 2 aromatic rings. The number of hydrogen-bond donors (Lipinski definition) is 1. The summed E-state index contributed by atoms with van der Waals surface area (Å²) in [6.07, 6.45) is 5.17. The van der Waals surface area contributed by atoms with Crippen LogP contribution in [0.5, 0.6) is 5.75 Å². The number of hydrogen-bond acceptors (Lipinski definition) is 4. The van der Waals surface area contributed by atoms with Crippen molar-refractivity contribution in [2.45, 2.75) is 46.0 Å². The van der Waals surface area contributed by atoms with E-state index in [9.17, 15) is 10.1 Å². The lowest BCUT2D eigenvalue weighted by atomic mass is 9.88. The molecule has 0 bridgehead atoms. The fraction of sp³-hybridized carbons (Fsp3) is 0.429. The van der Waals surface area contributed by atoms with E-state index in [-0.39, 0.29) is 5.91 Å². The maximum absolute atomic E-state index is 12.6. The molecule has 1 aromatic heterocycles. The van der Waals surface area contributed by atoms with Gasteiger partial charge in [-0.3, -0.25) is 4.79 Å². The molecule has 136 valence electrons. The zero-order chi connectivity index (χ0) is 18.5. The van der Waals surface area contributed by atoms with Crippen molar-refractivity contribution in [3.63, 3.8) is 0 Å². The number of thiophene rings is 1. The minimum Gasteiger partial charge on any atom is -0.494 e. The smallest absolute Gasteiger partial charge is 0.256 e. The van der Waals surface area contributed by atoms with Crippen molar-refractivity contribution in [1.29, 1.82) is 5.26 Å². The molecule has 5 heteroatoms. The third-order valence-corrected chi connectivity index (χ3v) is 5.94. The molecule has 0 spiro atoms. The van der Waals surface area contributed by atoms with Gasteiger partial charge in [0, 0.05) is 10.4 Å². The quantitative estimate of drug-likeness (QED) is 0.715. The number of carbonyl (C=O) groups excluding carboxylic acids is 1. The number of amides is 1. The van der Waals surface area contributed by atoms with Gasteiger partial charge in [-0.25, -0.2) is 0 Å². The lowest BCUT2D eigenvalue weighted by Gasteiger charge is -2.17. The third-order valence-electron chi connectivity index (χ3n) is 4.73. The monoisotopic (exact) mass is 368 g/mol. The lowest BCUT2D eigenvalue weighted by molar-refractivity contribution is 0.102. The van der Waals surface area contributed by atoms with Gasteiger partial charge in [0.25, 0.3) is 5.91 Å². The predicted molar refractivity (Wildman–Crippen MR) is 105 cm³/mol. The second-order valence-corrected chi connectivity index (χ2v) is 7.95. The Labute approximate surface area is 158 Å². The Balaban J connectivity index is 1.71. The fourth-order valence-electron chi connectivity index (χ4n) is 3.18. The van der Waals surface area contributed by atoms with Gasteiger partial charge >= 0.3 is 0 Å². The SMILES string of the molecule is CCCCOc1ccc(C(=O)Nc2sc3c(c2C#N)C[C@H](C)CC3)cc1. The molecule has 1 amide bonds. The first-order valence-corrected chi connectivity index (χ1v) is 10.0. The van der Waals surface area contributed by atoms with E-state index in [0.29, 0.717) is 28.7 Å². The Morgan fingerprint density at radius 3 is 2.85 bits per heavy atom. The van der Waals surface area contributed by atoms with E-state index in [2.05, 4.69) is 25.2 Å². The van der Waals surface area contributed by atoms with E-state index in [1.54, 1.807) is 23.5 Å². The van der Waals surface area contributed by atoms with Gasteiger partial charge in [0.1, 0.15) is 16.8 Å². The molecule has 1 atom stereocenters. The second-order valence-electron chi connectivity index (χ2n) is 6.85. The summed E-state index contributed by atoms with van der Waals surface area (Å²) in [5, 5.41) is 13.2. The number of nitrogens with one attached hydrogen (secondary N) is 1. The van der Waals surface area contributed by atoms with Gasteiger partial charge in [-0.05, 0) is 61.4 Å². The number of benzene rings is 1. The Kier molecular flexibility index (Phi) is 5.95. The van der Waals surface area contributed by atoms with Crippen molar-refractivity contribution in [3.05, 3.63) is 45.8 Å². The average molecular weight is 369 g/mol. The molecule has 1 aliphatic rings. The second kappa shape index (κ2) is 8.37. The topological polar surface area (TPSA) is 62.1 Å². The molecule has 0 unspecified atom stereocenters. The first kappa shape index (κ1) is 18.5. The van der Waals surface area contributed by atoms with Crippen LogP contribution in [0.2, 0.25) is 0 Å². The number of nitriles is 1. The molecule has 1 aromatic carbocycles. The summed E-state index contributed by atoms with van der Waals surface area (Å²) in [7, 11) is 0. The van der Waals surface area contributed by atoms with E-state index < -0.39 is 0 Å². The van der Waals surface area contributed by atoms with E-state index in [4.69, 9.17) is 4.74 Å². The molecular weight excluding hydrogens is 344 g/mol. The van der Waals surface area contributed by atoms with Crippen molar-refractivity contribution in [2.24, 2.45) is 5.92 Å². The summed E-state index contributed by atoms with van der Waals surface area (Å²) in [6.45, 7) is 5.02. The molecule has 3 rings (SSSR count). The molecule has 0 fully saturated rings. The van der Waals surface area contributed by atoms with E-state index >= 15 is 0 Å². The van der Waals surface area contributed by atoms with Crippen molar-refractivity contribution in [2.75, 3.05) is 11.9 Å². The Morgan fingerprint density at radius 2 is 2.15 bits per heavy atom. The fourth-order valence-corrected chi connectivity index (χ4v) is 4.37. The highest BCUT2D eigenvalue weighted by Gasteiger charge is 2.24. The highest BCUT2D eigenvalue weighted by Crippen LogP contribution is 2.39. The van der Waals surface area contributed by atoms with Crippen LogP contribution in [-0.2, 0) is 12.8 Å². The average Bonchev–Trinajstić information content (AvgIpc) is 2.98. The van der Waals surface area contributed by atoms with Crippen molar-refractivity contribution in [3.8, 4) is 11.8 Å². The van der Waals surface area contributed by atoms with E-state index in [1.165, 1.54) is 4.88 Å². The molecule has 0 aliphatic heterocycles. The Hall–Kier alpha value is -2.32. The first-order valence-electron chi connectivity index (χ1n) is 9.21. The molecule has 0 saturated heterocycles. The van der Waals surface area contributed by atoms with Gasteiger partial charge in [0.15, 0.2) is 0 Å². The van der Waals surface area contributed by atoms with Gasteiger partial charge < -0.3 is 10.1 Å². The summed E-state index contributed by atoms with van der Waals surface area (Å²) in [6, 6.07) is 9.45. The van der Waals surface area contributed by atoms with Crippen molar-refractivity contribution in [1.82, 2.24) is 0 Å². The lowest BCUT2D eigenvalue weighted by Crippen LogP contribution is -2.12. The van der Waals surface area contributed by atoms with Crippen LogP contribution in [0.15, 0.2) is 24.3 Å². The minimum absolute atomic E-state index is 0.187. The molecule has 1 N–H and O–H groups in total. The highest BCUT2D eigenvalue weighted by molar-refractivity contribution is 7.16. The van der Waals surface area contributed by atoms with Crippen LogP contribution >= 0.6 is 11.3 Å². The molecule has 1 aliphatic carbocycles. The maximum atomic E-state index is 12.6. The predicted octanol–water partition coefficient (Wildman–Crippen LogP) is 5.18. The van der Waals surface area contributed by atoms with Crippen LogP contribution in [0.25, 0.3) is 0 Å². The third kappa shape index (κ3) is 4.08. The summed E-state index contributed by atoms with van der Waals surface area (Å²) in [5.41, 5.74) is 2.34. The van der Waals surface area contributed by atoms with E-state index in [0.717, 1.165) is 43.4 Å². The largest absolute Gasteiger partial charge is 0.494 e. The number of anilines is 1. The number of aryl methyl sites for hydroxylation is 1. The van der Waals surface area contributed by atoms with Gasteiger partial charge in [-0.15, -0.1) is 11.3 Å². The normalized spacial score (nSPS) is 15.8. The molecule has 0 radical (unpaired) electrons. The zero-order valence-electron chi connectivity index (χ0n) is 15.3. The number of carbonyl (C=O) groups is 1. The van der Waals surface area contributed by atoms with Crippen molar-refractivity contribution < 1.29 is 9.53 Å². The number of unbranched alkanes of at least 4 members (excludes halogenated alkanes) is 1. The molecule has 4 nitrogen and oxygen atoms in total. The molecule has 26 heavy (non-hydrogen) atoms. The molecule has 0 saturated carbocycles. The zero-order valence-corrected chi connectivity index (χ0v) is 16.1. The molecular formula is C21H24N2O2S. The first-order chi connectivity index (χ1) is 12.6. The highest BCUT2D eigenvalue weighted by atomic mass is 32.1. The van der Waals surface area contributed by atoms with Crippen LogP contribution in [0.4, 0.5) is 5.00 Å². The maximum Gasteiger partial charge on any atom is 0.256 e. The summed E-state index contributed by atoms with van der Waals surface area (Å²) >= 11 is 1.55. The number of rotatable bonds is 6. The summed E-state index contributed by atoms with van der Waals surface area (Å²) < 4.78 is 5.63. The Morgan fingerprint density at radius 1 is 1.38 bits per heavy atom. The Bertz CT molecular complexity index is 818. The van der Waals surface area contributed by atoms with Crippen molar-refractivity contribution >= 4 is 22.2 Å². The van der Waals surface area contributed by atoms with Gasteiger partial charge in [0.05, 0.1) is 12.2 Å². The number of nitrogens with zero attached hydrogens (tertiary/aromatic N) is 1. The molecule has 1 heterocycles. The van der Waals surface area contributed by atoms with Gasteiger partial charge in [-0.1, -0.05) is 20.3 Å². The van der Waals surface area contributed by atoms with Crippen LogP contribution in [0, 0.1) is 17.2 Å². The van der Waals surface area contributed by atoms with E-state index in [1.807, 2.05) is 12.1 Å². The number of ether oxygens (including phenoxy) is 1. The number of fused-ring (bicyclic) bond motifs is 1.